The molecule has 1 N–H and O–H groups in total. The number of carbonyl (C=O) groups is 1. The van der Waals surface area contributed by atoms with E-state index in [9.17, 15) is 13.2 Å². The molecule has 1 aromatic heterocycles. The molecule has 0 aliphatic carbocycles. The van der Waals surface area contributed by atoms with Gasteiger partial charge in [-0.2, -0.15) is 4.31 Å². The summed E-state index contributed by atoms with van der Waals surface area (Å²) < 4.78 is 30.3. The first-order chi connectivity index (χ1) is 11.3. The minimum absolute atomic E-state index is 0.0152. The Morgan fingerprint density at radius 2 is 2.12 bits per heavy atom. The second kappa shape index (κ2) is 6.12. The van der Waals surface area contributed by atoms with Crippen molar-refractivity contribution in [3.8, 4) is 0 Å². The number of para-hydroxylation sites is 1. The highest BCUT2D eigenvalue weighted by Gasteiger charge is 2.41. The molecule has 1 saturated heterocycles. The number of pyridine rings is 1. The van der Waals surface area contributed by atoms with Gasteiger partial charge < -0.3 is 10.1 Å². The van der Waals surface area contributed by atoms with E-state index in [1.165, 1.54) is 4.31 Å². The lowest BCUT2D eigenvalue weighted by atomic mass is 10.0. The summed E-state index contributed by atoms with van der Waals surface area (Å²) in [6.07, 6.45) is 2.70. The number of amides is 1. The molecule has 1 amide bonds. The van der Waals surface area contributed by atoms with E-state index in [2.05, 4.69) is 10.3 Å². The minimum Gasteiger partial charge on any atom is -0.363 e. The van der Waals surface area contributed by atoms with Gasteiger partial charge in [-0.25, -0.2) is 8.42 Å². The summed E-state index contributed by atoms with van der Waals surface area (Å²) in [5.74, 6) is -0.395. The van der Waals surface area contributed by atoms with Crippen molar-refractivity contribution >= 4 is 32.5 Å². The number of carbonyl (C=O) groups excluding carboxylic acids is 1. The molecule has 3 rings (SSSR count). The number of ether oxygens (including phenoxy) is 1. The molecule has 1 atom stereocenters. The lowest BCUT2D eigenvalue weighted by Crippen LogP contribution is -2.57. The number of nitrogens with zero attached hydrogens (tertiary/aromatic N) is 2. The van der Waals surface area contributed by atoms with E-state index in [-0.39, 0.29) is 19.7 Å². The molecular formula is C16H19N3O4S. The molecule has 0 spiro atoms. The maximum absolute atomic E-state index is 12.6. The van der Waals surface area contributed by atoms with Crippen LogP contribution in [0.15, 0.2) is 36.5 Å². The normalized spacial score (nSPS) is 22.4. The standard InChI is InChI=1S/C16H19N3O4S/c1-16(11-19(7-8-23-16)24(2,21)22)15(20)18-13-9-12-5-3-4-6-14(12)17-10-13/h3-6,9-10H,7-8,11H2,1-2H3,(H,18,20). The molecule has 1 aliphatic rings. The summed E-state index contributed by atoms with van der Waals surface area (Å²) in [6, 6.07) is 9.40. The third kappa shape index (κ3) is 3.40. The van der Waals surface area contributed by atoms with Crippen molar-refractivity contribution in [2.24, 2.45) is 0 Å². The number of aromatic nitrogens is 1. The number of benzene rings is 1. The zero-order valence-corrected chi connectivity index (χ0v) is 14.3. The molecule has 0 saturated carbocycles. The predicted molar refractivity (Wildman–Crippen MR) is 91.1 cm³/mol. The molecule has 0 radical (unpaired) electrons. The van der Waals surface area contributed by atoms with Crippen LogP contribution in [0.2, 0.25) is 0 Å². The number of hydrogen-bond acceptors (Lipinski definition) is 5. The van der Waals surface area contributed by atoms with Gasteiger partial charge in [-0.15, -0.1) is 0 Å². The Hall–Kier alpha value is -2.03. The highest BCUT2D eigenvalue weighted by Crippen LogP contribution is 2.23. The van der Waals surface area contributed by atoms with Gasteiger partial charge in [-0.1, -0.05) is 18.2 Å². The van der Waals surface area contributed by atoms with Crippen molar-refractivity contribution < 1.29 is 17.9 Å². The fourth-order valence-corrected chi connectivity index (χ4v) is 3.54. The van der Waals surface area contributed by atoms with Crippen molar-refractivity contribution in [2.75, 3.05) is 31.3 Å². The number of nitrogens with one attached hydrogen (secondary N) is 1. The third-order valence-electron chi connectivity index (χ3n) is 4.04. The van der Waals surface area contributed by atoms with E-state index in [1.54, 1.807) is 13.1 Å². The first-order valence-corrected chi connectivity index (χ1v) is 9.38. The molecule has 1 aromatic carbocycles. The monoisotopic (exact) mass is 349 g/mol. The van der Waals surface area contributed by atoms with Crippen LogP contribution in [0, 0.1) is 0 Å². The van der Waals surface area contributed by atoms with Crippen LogP contribution in [0.3, 0.4) is 0 Å². The number of fused-ring (bicyclic) bond motifs is 1. The minimum atomic E-state index is -3.37. The first kappa shape index (κ1) is 16.8. The van der Waals surface area contributed by atoms with Gasteiger partial charge in [0.15, 0.2) is 5.60 Å². The number of anilines is 1. The topological polar surface area (TPSA) is 88.6 Å². The molecular weight excluding hydrogens is 330 g/mol. The van der Waals surface area contributed by atoms with Crippen molar-refractivity contribution in [3.05, 3.63) is 36.5 Å². The van der Waals surface area contributed by atoms with Gasteiger partial charge in [0.2, 0.25) is 10.0 Å². The summed E-state index contributed by atoms with van der Waals surface area (Å²) in [6.45, 7) is 2.00. The van der Waals surface area contributed by atoms with Gasteiger partial charge in [0, 0.05) is 11.9 Å². The molecule has 8 heteroatoms. The Morgan fingerprint density at radius 1 is 1.38 bits per heavy atom. The highest BCUT2D eigenvalue weighted by molar-refractivity contribution is 7.88. The van der Waals surface area contributed by atoms with Crippen molar-refractivity contribution in [1.29, 1.82) is 0 Å². The lowest BCUT2D eigenvalue weighted by molar-refractivity contribution is -0.146. The maximum atomic E-state index is 12.6. The second-order valence-electron chi connectivity index (χ2n) is 6.05. The summed E-state index contributed by atoms with van der Waals surface area (Å²) in [4.78, 5) is 16.9. The maximum Gasteiger partial charge on any atom is 0.257 e. The predicted octanol–water partition coefficient (Wildman–Crippen LogP) is 1.22. The second-order valence-corrected chi connectivity index (χ2v) is 8.03. The van der Waals surface area contributed by atoms with Crippen LogP contribution in [-0.4, -0.2) is 55.2 Å². The molecule has 2 aromatic rings. The summed E-state index contributed by atoms with van der Waals surface area (Å²) in [5, 5.41) is 3.67. The van der Waals surface area contributed by atoms with Crippen LogP contribution in [-0.2, 0) is 19.6 Å². The molecule has 24 heavy (non-hydrogen) atoms. The Labute approximate surface area is 140 Å². The SMILES string of the molecule is CC1(C(=O)Nc2cnc3ccccc3c2)CN(S(C)(=O)=O)CCO1. The van der Waals surface area contributed by atoms with E-state index in [0.29, 0.717) is 5.69 Å². The van der Waals surface area contributed by atoms with Gasteiger partial charge in [0.1, 0.15) is 0 Å². The largest absolute Gasteiger partial charge is 0.363 e. The Bertz CT molecular complexity index is 884. The number of hydrogen-bond donors (Lipinski definition) is 1. The van der Waals surface area contributed by atoms with Gasteiger partial charge in [0.05, 0.1) is 36.8 Å². The van der Waals surface area contributed by atoms with Crippen molar-refractivity contribution in [2.45, 2.75) is 12.5 Å². The summed E-state index contributed by atoms with van der Waals surface area (Å²) >= 11 is 0. The zero-order valence-electron chi connectivity index (χ0n) is 13.5. The van der Waals surface area contributed by atoms with Crippen LogP contribution in [0.1, 0.15) is 6.92 Å². The van der Waals surface area contributed by atoms with Gasteiger partial charge >= 0.3 is 0 Å². The third-order valence-corrected chi connectivity index (χ3v) is 5.29. The van der Waals surface area contributed by atoms with Crippen molar-refractivity contribution in [3.63, 3.8) is 0 Å². The van der Waals surface area contributed by atoms with E-state index in [4.69, 9.17) is 4.74 Å². The molecule has 0 bridgehead atoms. The molecule has 1 unspecified atom stereocenters. The Morgan fingerprint density at radius 3 is 2.88 bits per heavy atom. The van der Waals surface area contributed by atoms with Gasteiger partial charge in [0.25, 0.3) is 5.91 Å². The number of morpholine rings is 1. The molecule has 128 valence electrons. The average Bonchev–Trinajstić information content (AvgIpc) is 2.54. The van der Waals surface area contributed by atoms with Crippen LogP contribution in [0.4, 0.5) is 5.69 Å². The zero-order chi connectivity index (χ0) is 17.4. The van der Waals surface area contributed by atoms with E-state index >= 15 is 0 Å². The van der Waals surface area contributed by atoms with E-state index in [0.717, 1.165) is 17.2 Å². The molecule has 7 nitrogen and oxygen atoms in total. The smallest absolute Gasteiger partial charge is 0.257 e. The lowest BCUT2D eigenvalue weighted by Gasteiger charge is -2.37. The van der Waals surface area contributed by atoms with Crippen LogP contribution in [0.25, 0.3) is 10.9 Å². The number of rotatable bonds is 3. The van der Waals surface area contributed by atoms with Crippen molar-refractivity contribution in [1.82, 2.24) is 9.29 Å². The summed E-state index contributed by atoms with van der Waals surface area (Å²) in [5.41, 5.74) is 0.131. The van der Waals surface area contributed by atoms with Crippen LogP contribution >= 0.6 is 0 Å². The molecule has 1 fully saturated rings. The van der Waals surface area contributed by atoms with Gasteiger partial charge in [-0.05, 0) is 19.1 Å². The number of sulfonamides is 1. The Kier molecular flexibility index (Phi) is 4.29. The van der Waals surface area contributed by atoms with Crippen LogP contribution in [0.5, 0.6) is 0 Å². The fraction of sp³-hybridized carbons (Fsp3) is 0.375. The quantitative estimate of drug-likeness (QED) is 0.900. The van der Waals surface area contributed by atoms with Gasteiger partial charge in [-0.3, -0.25) is 9.78 Å². The fourth-order valence-electron chi connectivity index (χ4n) is 2.66. The Balaban J connectivity index is 1.79. The molecule has 2 heterocycles. The molecule has 1 aliphatic heterocycles. The first-order valence-electron chi connectivity index (χ1n) is 7.53. The highest BCUT2D eigenvalue weighted by atomic mass is 32.2. The summed E-state index contributed by atoms with van der Waals surface area (Å²) in [7, 11) is -3.37. The van der Waals surface area contributed by atoms with E-state index in [1.807, 2.05) is 30.3 Å². The van der Waals surface area contributed by atoms with Crippen LogP contribution < -0.4 is 5.32 Å². The average molecular weight is 349 g/mol. The van der Waals surface area contributed by atoms with E-state index < -0.39 is 21.5 Å².